The van der Waals surface area contributed by atoms with Crippen LogP contribution in [0.3, 0.4) is 0 Å². The largest absolute Gasteiger partial charge is 0.497 e. The van der Waals surface area contributed by atoms with Gasteiger partial charge in [-0.25, -0.2) is 0 Å². The molecule has 1 heterocycles. The van der Waals surface area contributed by atoms with Crippen LogP contribution in [-0.4, -0.2) is 25.5 Å². The molecule has 1 fully saturated rings. The van der Waals surface area contributed by atoms with Crippen LogP contribution in [0.2, 0.25) is 0 Å². The van der Waals surface area contributed by atoms with Gasteiger partial charge in [0.05, 0.1) is 13.0 Å². The molecule has 0 spiro atoms. The first-order valence-electron chi connectivity index (χ1n) is 7.48. The maximum Gasteiger partial charge on any atom is 0.316 e. The van der Waals surface area contributed by atoms with Gasteiger partial charge in [-0.15, -0.1) is 0 Å². The Labute approximate surface area is 148 Å². The van der Waals surface area contributed by atoms with Crippen molar-refractivity contribution in [2.75, 3.05) is 18.6 Å². The van der Waals surface area contributed by atoms with Crippen LogP contribution in [0.4, 0.5) is 5.69 Å². The highest BCUT2D eigenvalue weighted by atomic mass is 79.9. The summed E-state index contributed by atoms with van der Waals surface area (Å²) >= 11 is 3.37. The van der Waals surface area contributed by atoms with Crippen LogP contribution in [0.1, 0.15) is 6.42 Å². The van der Waals surface area contributed by atoms with E-state index in [0.29, 0.717) is 18.0 Å². The zero-order chi connectivity index (χ0) is 17.1. The molecule has 2 aromatic carbocycles. The number of anilines is 1. The monoisotopic (exact) mass is 389 g/mol. The number of hydrogen-bond acceptors (Lipinski definition) is 4. The fourth-order valence-corrected chi connectivity index (χ4v) is 2.84. The lowest BCUT2D eigenvalue weighted by Gasteiger charge is -2.16. The van der Waals surface area contributed by atoms with Crippen molar-refractivity contribution in [1.29, 1.82) is 0 Å². The summed E-state index contributed by atoms with van der Waals surface area (Å²) in [5, 5.41) is 0. The van der Waals surface area contributed by atoms with Crippen LogP contribution < -0.4 is 14.4 Å². The van der Waals surface area contributed by atoms with Crippen LogP contribution in [0.5, 0.6) is 11.5 Å². The molecule has 0 aliphatic carbocycles. The summed E-state index contributed by atoms with van der Waals surface area (Å²) < 4.78 is 11.4. The Bertz CT molecular complexity index is 743. The molecule has 0 N–H and O–H groups in total. The van der Waals surface area contributed by atoms with Crippen molar-refractivity contribution >= 4 is 33.5 Å². The summed E-state index contributed by atoms with van der Waals surface area (Å²) in [6.07, 6.45) is 0.158. The number of rotatable bonds is 4. The van der Waals surface area contributed by atoms with Gasteiger partial charge in [0.1, 0.15) is 11.5 Å². The summed E-state index contributed by atoms with van der Waals surface area (Å²) in [4.78, 5) is 26.1. The van der Waals surface area contributed by atoms with Crippen LogP contribution in [0.25, 0.3) is 0 Å². The Morgan fingerprint density at radius 1 is 1.08 bits per heavy atom. The molecular weight excluding hydrogens is 374 g/mol. The number of amides is 1. The molecule has 1 saturated heterocycles. The second kappa shape index (κ2) is 7.05. The van der Waals surface area contributed by atoms with Gasteiger partial charge in [-0.2, -0.15) is 0 Å². The lowest BCUT2D eigenvalue weighted by atomic mass is 10.1. The lowest BCUT2D eigenvalue weighted by Crippen LogP contribution is -2.27. The number of esters is 1. The molecule has 1 amide bonds. The maximum absolute atomic E-state index is 12.3. The Morgan fingerprint density at radius 3 is 2.33 bits per heavy atom. The van der Waals surface area contributed by atoms with Crippen LogP contribution in [-0.2, 0) is 9.59 Å². The third-order valence-corrected chi connectivity index (χ3v) is 4.40. The fraction of sp³-hybridized carbons (Fsp3) is 0.222. The van der Waals surface area contributed by atoms with E-state index < -0.39 is 11.9 Å². The summed E-state index contributed by atoms with van der Waals surface area (Å²) in [6.45, 7) is 0.329. The van der Waals surface area contributed by atoms with Crippen LogP contribution in [0.15, 0.2) is 53.0 Å². The zero-order valence-corrected chi connectivity index (χ0v) is 14.7. The number of methoxy groups -OCH3 is 1. The minimum absolute atomic E-state index is 0.0750. The second-order valence-corrected chi connectivity index (χ2v) is 6.39. The van der Waals surface area contributed by atoms with E-state index in [1.54, 1.807) is 36.3 Å². The highest BCUT2D eigenvalue weighted by Crippen LogP contribution is 2.28. The average molecular weight is 390 g/mol. The molecule has 5 nitrogen and oxygen atoms in total. The topological polar surface area (TPSA) is 55.8 Å². The minimum Gasteiger partial charge on any atom is -0.497 e. The lowest BCUT2D eigenvalue weighted by molar-refractivity contribution is -0.139. The fourth-order valence-electron chi connectivity index (χ4n) is 2.58. The minimum atomic E-state index is -0.469. The number of carbonyl (C=O) groups is 2. The number of benzene rings is 2. The number of carbonyl (C=O) groups excluding carboxylic acids is 2. The maximum atomic E-state index is 12.3. The van der Waals surface area contributed by atoms with E-state index >= 15 is 0 Å². The average Bonchev–Trinajstić information content (AvgIpc) is 2.98. The molecule has 1 aliphatic heterocycles. The molecule has 1 atom stereocenters. The Hall–Kier alpha value is -2.34. The molecule has 0 saturated carbocycles. The molecule has 24 heavy (non-hydrogen) atoms. The van der Waals surface area contributed by atoms with E-state index in [9.17, 15) is 9.59 Å². The standard InChI is InChI=1S/C18H16BrNO4/c1-23-15-6-8-16(9-7-15)24-18(22)12-10-17(21)20(11-12)14-4-2-13(19)3-5-14/h2-9,12H,10-11H2,1H3/t12-/m1/s1. The molecule has 6 heteroatoms. The van der Waals surface area contributed by atoms with Crippen molar-refractivity contribution in [1.82, 2.24) is 0 Å². The smallest absolute Gasteiger partial charge is 0.316 e. The third-order valence-electron chi connectivity index (χ3n) is 3.87. The van der Waals surface area contributed by atoms with E-state index in [1.807, 2.05) is 24.3 Å². The van der Waals surface area contributed by atoms with Crippen LogP contribution in [0, 0.1) is 5.92 Å². The first kappa shape index (κ1) is 16.5. The number of hydrogen-bond donors (Lipinski definition) is 0. The molecule has 1 aliphatic rings. The van der Waals surface area contributed by atoms with Crippen molar-refractivity contribution in [3.63, 3.8) is 0 Å². The highest BCUT2D eigenvalue weighted by molar-refractivity contribution is 9.10. The van der Waals surface area contributed by atoms with Gasteiger partial charge in [-0.3, -0.25) is 9.59 Å². The SMILES string of the molecule is COc1ccc(OC(=O)[C@@H]2CC(=O)N(c3ccc(Br)cc3)C2)cc1. The van der Waals surface area contributed by atoms with Crippen molar-refractivity contribution < 1.29 is 19.1 Å². The Balaban J connectivity index is 1.66. The molecule has 0 unspecified atom stereocenters. The van der Waals surface area contributed by atoms with Gasteiger partial charge in [-0.05, 0) is 48.5 Å². The molecule has 0 radical (unpaired) electrons. The number of halogens is 1. The Kier molecular flexibility index (Phi) is 4.85. The molecule has 2 aromatic rings. The summed E-state index contributed by atoms with van der Waals surface area (Å²) in [7, 11) is 1.57. The summed E-state index contributed by atoms with van der Waals surface area (Å²) in [6, 6.07) is 14.2. The van der Waals surface area contributed by atoms with Gasteiger partial charge in [0.15, 0.2) is 0 Å². The van der Waals surface area contributed by atoms with E-state index in [1.165, 1.54) is 0 Å². The normalized spacial score (nSPS) is 17.0. The van der Waals surface area contributed by atoms with E-state index in [4.69, 9.17) is 9.47 Å². The molecule has 0 bridgehead atoms. The van der Waals surface area contributed by atoms with Crippen molar-refractivity contribution in [2.24, 2.45) is 5.92 Å². The van der Waals surface area contributed by atoms with Crippen LogP contribution >= 0.6 is 15.9 Å². The predicted octanol–water partition coefficient (Wildman–Crippen LogP) is 3.42. The third kappa shape index (κ3) is 3.59. The predicted molar refractivity (Wildman–Crippen MR) is 93.2 cm³/mol. The number of ether oxygens (including phenoxy) is 2. The second-order valence-electron chi connectivity index (χ2n) is 5.48. The van der Waals surface area contributed by atoms with E-state index in [-0.39, 0.29) is 12.3 Å². The molecule has 0 aromatic heterocycles. The van der Waals surface area contributed by atoms with Crippen molar-refractivity contribution in [3.05, 3.63) is 53.0 Å². The van der Waals surface area contributed by atoms with Crippen molar-refractivity contribution in [3.8, 4) is 11.5 Å². The molecular formula is C18H16BrNO4. The summed E-state index contributed by atoms with van der Waals surface area (Å²) in [5.41, 5.74) is 0.781. The van der Waals surface area contributed by atoms with E-state index in [2.05, 4.69) is 15.9 Å². The quantitative estimate of drug-likeness (QED) is 0.593. The first-order chi connectivity index (χ1) is 11.6. The first-order valence-corrected chi connectivity index (χ1v) is 8.28. The van der Waals surface area contributed by atoms with Gasteiger partial charge < -0.3 is 14.4 Å². The van der Waals surface area contributed by atoms with Gasteiger partial charge in [0.2, 0.25) is 5.91 Å². The van der Waals surface area contributed by atoms with Gasteiger partial charge in [0, 0.05) is 23.1 Å². The van der Waals surface area contributed by atoms with E-state index in [0.717, 1.165) is 10.2 Å². The van der Waals surface area contributed by atoms with Gasteiger partial charge >= 0.3 is 5.97 Å². The number of nitrogens with zero attached hydrogens (tertiary/aromatic N) is 1. The van der Waals surface area contributed by atoms with Crippen molar-refractivity contribution in [2.45, 2.75) is 6.42 Å². The molecule has 124 valence electrons. The van der Waals surface area contributed by atoms with Gasteiger partial charge in [0.25, 0.3) is 0 Å². The van der Waals surface area contributed by atoms with Gasteiger partial charge in [-0.1, -0.05) is 15.9 Å². The zero-order valence-electron chi connectivity index (χ0n) is 13.1. The Morgan fingerprint density at radius 2 is 1.71 bits per heavy atom. The summed E-state index contributed by atoms with van der Waals surface area (Å²) in [5.74, 6) is 0.188. The molecule has 3 rings (SSSR count). The highest BCUT2D eigenvalue weighted by Gasteiger charge is 2.36.